The number of rotatable bonds is 9. The lowest BCUT2D eigenvalue weighted by atomic mass is 9.84. The molecule has 3 aliphatic rings. The molecule has 2 fully saturated rings. The number of pyridine rings is 1. The van der Waals surface area contributed by atoms with Crippen LogP contribution in [0.15, 0.2) is 48.6 Å². The Bertz CT molecular complexity index is 1540. The summed E-state index contributed by atoms with van der Waals surface area (Å²) in [5.74, 6) is -0.0321. The van der Waals surface area contributed by atoms with Gasteiger partial charge in [-0.25, -0.2) is 8.91 Å². The molecule has 1 aliphatic heterocycles. The van der Waals surface area contributed by atoms with Crippen LogP contribution >= 0.6 is 0 Å². The third-order valence-corrected chi connectivity index (χ3v) is 8.32. The Hall–Kier alpha value is -4.21. The van der Waals surface area contributed by atoms with Crippen LogP contribution in [-0.4, -0.2) is 61.0 Å². The van der Waals surface area contributed by atoms with E-state index in [4.69, 9.17) is 0 Å². The molecule has 2 aliphatic carbocycles. The van der Waals surface area contributed by atoms with Crippen molar-refractivity contribution in [3.8, 4) is 17.5 Å². The molecule has 0 saturated heterocycles. The van der Waals surface area contributed by atoms with Gasteiger partial charge in [0.05, 0.1) is 52.1 Å². The fourth-order valence-electron chi connectivity index (χ4n) is 5.55. The van der Waals surface area contributed by atoms with Crippen molar-refractivity contribution in [2.45, 2.75) is 76.2 Å². The molecule has 12 heteroatoms. The van der Waals surface area contributed by atoms with Crippen LogP contribution in [0.1, 0.15) is 68.3 Å². The number of allylic oxidation sites excluding steroid dienone is 1. The standard InChI is InChI=1S/C30H36FN9O2/c1-30(2,42)28(31)16-34-29(41)23-15-33-25(27-10-9-22-11-18(13-32)14-35-40(22)27)12-24(23)36-20-5-3-19(4-6-20)26-17-39(38-37-26)21-7-8-21/h9-12,14-15,17,19-21,28,37-38,42H,3-8,16H2,1-2H3,(H,33,36)(H,34,41)/t19?,20?,28-/m1/s1. The number of nitrogens with one attached hydrogen (secondary N) is 4. The van der Waals surface area contributed by atoms with Crippen LogP contribution < -0.4 is 21.6 Å². The first-order valence-corrected chi connectivity index (χ1v) is 14.5. The number of carbonyl (C=O) groups excluding carboxylic acids is 1. The highest BCUT2D eigenvalue weighted by Gasteiger charge is 2.33. The van der Waals surface area contributed by atoms with Gasteiger partial charge in [0, 0.05) is 36.1 Å². The van der Waals surface area contributed by atoms with Crippen LogP contribution in [0.3, 0.4) is 0 Å². The van der Waals surface area contributed by atoms with Gasteiger partial charge in [-0.3, -0.25) is 14.8 Å². The number of amides is 1. The monoisotopic (exact) mass is 573 g/mol. The summed E-state index contributed by atoms with van der Waals surface area (Å²) in [7, 11) is 0. The van der Waals surface area contributed by atoms with Crippen molar-refractivity contribution in [2.75, 3.05) is 11.9 Å². The smallest absolute Gasteiger partial charge is 0.255 e. The molecule has 0 spiro atoms. The van der Waals surface area contributed by atoms with E-state index in [1.807, 2.05) is 18.2 Å². The largest absolute Gasteiger partial charge is 0.387 e. The summed E-state index contributed by atoms with van der Waals surface area (Å²) in [6.45, 7) is 2.42. The topological polar surface area (TPSA) is 143 Å². The van der Waals surface area contributed by atoms with Crippen molar-refractivity contribution in [3.63, 3.8) is 0 Å². The van der Waals surface area contributed by atoms with Crippen molar-refractivity contribution in [2.24, 2.45) is 5.92 Å². The number of aliphatic hydroxyl groups is 1. The van der Waals surface area contributed by atoms with Gasteiger partial charge in [0.1, 0.15) is 12.2 Å². The number of nitriles is 1. The molecule has 42 heavy (non-hydrogen) atoms. The summed E-state index contributed by atoms with van der Waals surface area (Å²) >= 11 is 0. The fourth-order valence-corrected chi connectivity index (χ4v) is 5.55. The summed E-state index contributed by atoms with van der Waals surface area (Å²) in [5.41, 5.74) is 9.70. The number of halogens is 1. The number of alkyl halides is 1. The number of hydrogen-bond acceptors (Lipinski definition) is 9. The average Bonchev–Trinajstić information content (AvgIpc) is 3.56. The zero-order chi connectivity index (χ0) is 29.4. The predicted octanol–water partition coefficient (Wildman–Crippen LogP) is 3.41. The highest BCUT2D eigenvalue weighted by molar-refractivity contribution is 6.00. The third-order valence-electron chi connectivity index (χ3n) is 8.32. The lowest BCUT2D eigenvalue weighted by Gasteiger charge is -2.30. The van der Waals surface area contributed by atoms with Crippen LogP contribution in [-0.2, 0) is 0 Å². The van der Waals surface area contributed by atoms with Gasteiger partial charge in [0.2, 0.25) is 0 Å². The quantitative estimate of drug-likeness (QED) is 0.260. The van der Waals surface area contributed by atoms with Crippen LogP contribution in [0.5, 0.6) is 0 Å². The molecule has 3 aromatic rings. The van der Waals surface area contributed by atoms with Crippen molar-refractivity contribution in [3.05, 3.63) is 59.7 Å². The van der Waals surface area contributed by atoms with Gasteiger partial charge in [-0.1, -0.05) is 0 Å². The summed E-state index contributed by atoms with van der Waals surface area (Å²) in [6, 6.07) is 10.1. The second kappa shape index (κ2) is 11.2. The Morgan fingerprint density at radius 1 is 1.21 bits per heavy atom. The predicted molar refractivity (Wildman–Crippen MR) is 155 cm³/mol. The minimum absolute atomic E-state index is 0.142. The van der Waals surface area contributed by atoms with Gasteiger partial charge < -0.3 is 21.2 Å². The summed E-state index contributed by atoms with van der Waals surface area (Å²) in [5, 5.41) is 31.9. The number of nitrogens with zero attached hydrogens (tertiary/aromatic N) is 5. The number of anilines is 1. The Balaban J connectivity index is 1.22. The van der Waals surface area contributed by atoms with Crippen molar-refractivity contribution in [1.29, 1.82) is 5.26 Å². The molecule has 2 saturated carbocycles. The number of aromatic nitrogens is 3. The molecule has 0 aromatic carbocycles. The second-order valence-corrected chi connectivity index (χ2v) is 12.0. The summed E-state index contributed by atoms with van der Waals surface area (Å²) in [6.07, 6.45) is 9.85. The lowest BCUT2D eigenvalue weighted by Crippen LogP contribution is -2.42. The number of hydrogen-bond donors (Lipinski definition) is 5. The summed E-state index contributed by atoms with van der Waals surface area (Å²) < 4.78 is 16.1. The highest BCUT2D eigenvalue weighted by atomic mass is 19.1. The van der Waals surface area contributed by atoms with Crippen molar-refractivity contribution >= 4 is 17.1 Å². The zero-order valence-corrected chi connectivity index (χ0v) is 23.8. The Morgan fingerprint density at radius 2 is 2.00 bits per heavy atom. The molecule has 0 unspecified atom stereocenters. The van der Waals surface area contributed by atoms with Crippen LogP contribution in [0.25, 0.3) is 16.9 Å². The SMILES string of the molecule is CC(C)(O)[C@H](F)CNC(=O)c1cnc(-c2ccc3cc(C#N)cnn23)cc1NC1CCC(C2=CN(C3CC3)NN2)CC1. The molecule has 1 amide bonds. The van der Waals surface area contributed by atoms with E-state index in [0.717, 1.165) is 31.2 Å². The second-order valence-electron chi connectivity index (χ2n) is 12.0. The maximum Gasteiger partial charge on any atom is 0.255 e. The van der Waals surface area contributed by atoms with E-state index in [2.05, 4.69) is 49.0 Å². The molecule has 4 heterocycles. The van der Waals surface area contributed by atoms with E-state index >= 15 is 0 Å². The van der Waals surface area contributed by atoms with E-state index in [-0.39, 0.29) is 12.6 Å². The van der Waals surface area contributed by atoms with Gasteiger partial charge in [-0.15, -0.1) is 5.53 Å². The maximum absolute atomic E-state index is 14.4. The average molecular weight is 574 g/mol. The molecule has 0 bridgehead atoms. The Kier molecular flexibility index (Phi) is 7.47. The van der Waals surface area contributed by atoms with Crippen molar-refractivity contribution < 1.29 is 14.3 Å². The van der Waals surface area contributed by atoms with Gasteiger partial charge in [-0.05, 0) is 76.6 Å². The first kappa shape index (κ1) is 27.9. The third kappa shape index (κ3) is 5.89. The minimum atomic E-state index is -1.62. The van der Waals surface area contributed by atoms with E-state index < -0.39 is 17.7 Å². The highest BCUT2D eigenvalue weighted by Crippen LogP contribution is 2.35. The molecule has 11 nitrogen and oxygen atoms in total. The molecule has 0 radical (unpaired) electrons. The van der Waals surface area contributed by atoms with Gasteiger partial charge in [0.25, 0.3) is 5.91 Å². The lowest BCUT2D eigenvalue weighted by molar-refractivity contribution is -0.00177. The Labute approximate surface area is 243 Å². The minimum Gasteiger partial charge on any atom is -0.387 e. The number of hydrazine groups is 2. The normalized spacial score (nSPS) is 21.4. The first-order chi connectivity index (χ1) is 20.2. The van der Waals surface area contributed by atoms with Gasteiger partial charge >= 0.3 is 0 Å². The summed E-state index contributed by atoms with van der Waals surface area (Å²) in [4.78, 5) is 17.8. The van der Waals surface area contributed by atoms with Crippen molar-refractivity contribution in [1.82, 2.24) is 35.9 Å². The molecular weight excluding hydrogens is 537 g/mol. The molecule has 1 atom stereocenters. The van der Waals surface area contributed by atoms with Crippen LogP contribution in [0.4, 0.5) is 10.1 Å². The number of carbonyl (C=O) groups is 1. The molecular formula is C30H36FN9O2. The zero-order valence-electron chi connectivity index (χ0n) is 23.8. The van der Waals surface area contributed by atoms with Gasteiger partial charge in [0.15, 0.2) is 0 Å². The maximum atomic E-state index is 14.4. The fraction of sp³-hybridized carbons (Fsp3) is 0.467. The van der Waals surface area contributed by atoms with E-state index in [1.54, 1.807) is 10.6 Å². The van der Waals surface area contributed by atoms with Gasteiger partial charge in [-0.2, -0.15) is 10.4 Å². The molecule has 3 aromatic heterocycles. The van der Waals surface area contributed by atoms with E-state index in [9.17, 15) is 19.6 Å². The number of fused-ring (bicyclic) bond motifs is 1. The van der Waals surface area contributed by atoms with Crippen LogP contribution in [0.2, 0.25) is 0 Å². The molecule has 220 valence electrons. The van der Waals surface area contributed by atoms with E-state index in [1.165, 1.54) is 44.8 Å². The Morgan fingerprint density at radius 3 is 2.71 bits per heavy atom. The molecule has 5 N–H and O–H groups in total. The van der Waals surface area contributed by atoms with E-state index in [0.29, 0.717) is 40.2 Å². The van der Waals surface area contributed by atoms with Crippen LogP contribution in [0, 0.1) is 17.2 Å². The molecule has 6 rings (SSSR count). The first-order valence-electron chi connectivity index (χ1n) is 14.5.